The molecule has 0 amide bonds. The van der Waals surface area contributed by atoms with Gasteiger partial charge in [0.1, 0.15) is 37.9 Å². The highest BCUT2D eigenvalue weighted by atomic mass is 16.5. The molecule has 0 aliphatic carbocycles. The number of aryl methyl sites for hydroxylation is 1. The van der Waals surface area contributed by atoms with E-state index >= 15 is 0 Å². The Kier molecular flexibility index (Phi) is 6.83. The van der Waals surface area contributed by atoms with E-state index in [0.717, 1.165) is 62.5 Å². The van der Waals surface area contributed by atoms with E-state index in [9.17, 15) is 5.26 Å². The van der Waals surface area contributed by atoms with Crippen molar-refractivity contribution in [3.05, 3.63) is 46.5 Å². The Balaban J connectivity index is 1.60. The van der Waals surface area contributed by atoms with E-state index in [1.165, 1.54) is 4.90 Å². The normalized spacial score (nSPS) is 18.6. The van der Waals surface area contributed by atoms with Gasteiger partial charge >= 0.3 is 0 Å². The number of hydrogen-bond acceptors (Lipinski definition) is 7. The molecule has 0 unspecified atom stereocenters. The molecule has 2 aromatic rings. The van der Waals surface area contributed by atoms with Gasteiger partial charge in [-0.05, 0) is 24.1 Å². The molecule has 2 aliphatic rings. The van der Waals surface area contributed by atoms with Gasteiger partial charge in [0.2, 0.25) is 11.8 Å². The number of aromatic amines is 1. The molecule has 9 nitrogen and oxygen atoms in total. The summed E-state index contributed by atoms with van der Waals surface area (Å²) in [5, 5.41) is 17.2. The summed E-state index contributed by atoms with van der Waals surface area (Å²) < 4.78 is 22.7. The van der Waals surface area contributed by atoms with Crippen molar-refractivity contribution in [1.29, 1.82) is 5.26 Å². The van der Waals surface area contributed by atoms with Gasteiger partial charge in [-0.3, -0.25) is 5.10 Å². The Bertz CT molecular complexity index is 1020. The number of aromatic nitrogens is 2. The topological polar surface area (TPSA) is 120 Å². The monoisotopic (exact) mass is 440 g/mol. The van der Waals surface area contributed by atoms with Crippen LogP contribution in [0.25, 0.3) is 0 Å². The molecule has 0 saturated carbocycles. The van der Waals surface area contributed by atoms with Crippen LogP contribution in [0.4, 0.5) is 0 Å². The van der Waals surface area contributed by atoms with Crippen molar-refractivity contribution in [3.63, 3.8) is 0 Å². The summed E-state index contributed by atoms with van der Waals surface area (Å²) in [6, 6.07) is 7.98. The number of quaternary nitrogens is 1. The zero-order valence-electron chi connectivity index (χ0n) is 18.6. The first-order valence-corrected chi connectivity index (χ1v) is 11.0. The summed E-state index contributed by atoms with van der Waals surface area (Å²) in [7, 11) is 1.62. The second-order valence-corrected chi connectivity index (χ2v) is 7.97. The molecule has 3 heterocycles. The van der Waals surface area contributed by atoms with Gasteiger partial charge in [-0.2, -0.15) is 5.26 Å². The molecular formula is C23H30N5O4+. The number of nitrogens with one attached hydrogen (secondary N) is 2. The van der Waals surface area contributed by atoms with Gasteiger partial charge in [0.25, 0.3) is 0 Å². The highest BCUT2D eigenvalue weighted by Gasteiger charge is 2.35. The van der Waals surface area contributed by atoms with Gasteiger partial charge < -0.3 is 29.6 Å². The predicted octanol–water partition coefficient (Wildman–Crippen LogP) is 0.883. The number of morpholine rings is 1. The minimum Gasteiger partial charge on any atom is -0.493 e. The van der Waals surface area contributed by atoms with Gasteiger partial charge in [-0.1, -0.05) is 19.4 Å². The second kappa shape index (κ2) is 9.94. The molecule has 1 atom stereocenters. The van der Waals surface area contributed by atoms with Crippen LogP contribution in [0.1, 0.15) is 36.1 Å². The van der Waals surface area contributed by atoms with Crippen molar-refractivity contribution in [2.75, 3.05) is 46.6 Å². The maximum atomic E-state index is 9.83. The molecule has 0 radical (unpaired) electrons. The fraction of sp³-hybridized carbons (Fsp3) is 0.478. The Morgan fingerprint density at radius 1 is 1.31 bits per heavy atom. The highest BCUT2D eigenvalue weighted by molar-refractivity contribution is 5.57. The number of hydrogen-bond donors (Lipinski definition) is 3. The molecule has 1 saturated heterocycles. The summed E-state index contributed by atoms with van der Waals surface area (Å²) in [6.07, 6.45) is 1.73. The quantitative estimate of drug-likeness (QED) is 0.557. The smallest absolute Gasteiger partial charge is 0.244 e. The van der Waals surface area contributed by atoms with Crippen molar-refractivity contribution in [2.45, 2.75) is 25.7 Å². The van der Waals surface area contributed by atoms with Crippen LogP contribution < -0.4 is 24.8 Å². The zero-order valence-corrected chi connectivity index (χ0v) is 18.6. The van der Waals surface area contributed by atoms with Crippen molar-refractivity contribution in [2.24, 2.45) is 5.73 Å². The Hall–Kier alpha value is -3.22. The number of methoxy groups -OCH3 is 1. The summed E-state index contributed by atoms with van der Waals surface area (Å²) in [5.41, 5.74) is 9.10. The largest absolute Gasteiger partial charge is 0.493 e. The minimum atomic E-state index is -0.384. The fourth-order valence-electron chi connectivity index (χ4n) is 4.28. The lowest BCUT2D eigenvalue weighted by Gasteiger charge is -2.25. The maximum Gasteiger partial charge on any atom is 0.244 e. The van der Waals surface area contributed by atoms with Crippen LogP contribution in [0.5, 0.6) is 17.4 Å². The first-order chi connectivity index (χ1) is 15.7. The summed E-state index contributed by atoms with van der Waals surface area (Å²) in [6.45, 7) is 7.19. The zero-order chi connectivity index (χ0) is 22.5. The molecule has 1 aromatic heterocycles. The Morgan fingerprint density at radius 3 is 2.84 bits per heavy atom. The third-order valence-electron chi connectivity index (χ3n) is 5.95. The summed E-state index contributed by atoms with van der Waals surface area (Å²) >= 11 is 0. The lowest BCUT2D eigenvalue weighted by Crippen LogP contribution is -3.14. The summed E-state index contributed by atoms with van der Waals surface area (Å²) in [5.74, 6) is 1.40. The van der Waals surface area contributed by atoms with Crippen LogP contribution in [0, 0.1) is 11.3 Å². The van der Waals surface area contributed by atoms with Crippen LogP contribution in [0.15, 0.2) is 29.7 Å². The van der Waals surface area contributed by atoms with E-state index in [4.69, 9.17) is 24.7 Å². The highest BCUT2D eigenvalue weighted by Crippen LogP contribution is 2.44. The SMILES string of the molecule is CCCc1[nH]nc2c1[C@@H](c1ccc(OCC[NH+]3CCOCC3)c(OC)c1)C(C#N)=C(N)O2. The van der Waals surface area contributed by atoms with E-state index in [2.05, 4.69) is 23.2 Å². The number of H-pyrrole nitrogens is 1. The number of ether oxygens (including phenoxy) is 4. The Morgan fingerprint density at radius 2 is 2.12 bits per heavy atom. The number of fused-ring (bicyclic) bond motifs is 1. The average Bonchev–Trinajstić information content (AvgIpc) is 3.21. The average molecular weight is 441 g/mol. The van der Waals surface area contributed by atoms with E-state index in [-0.39, 0.29) is 11.8 Å². The van der Waals surface area contributed by atoms with E-state index in [0.29, 0.717) is 29.6 Å². The molecule has 2 aliphatic heterocycles. The van der Waals surface area contributed by atoms with E-state index in [1.54, 1.807) is 7.11 Å². The molecule has 1 fully saturated rings. The number of nitrogens with zero attached hydrogens (tertiary/aromatic N) is 2. The van der Waals surface area contributed by atoms with Crippen LogP contribution >= 0.6 is 0 Å². The molecular weight excluding hydrogens is 410 g/mol. The van der Waals surface area contributed by atoms with Gasteiger partial charge in [0.05, 0.1) is 26.2 Å². The van der Waals surface area contributed by atoms with Gasteiger partial charge in [-0.15, -0.1) is 5.10 Å². The van der Waals surface area contributed by atoms with Gasteiger partial charge in [0.15, 0.2) is 11.5 Å². The molecule has 9 heteroatoms. The van der Waals surface area contributed by atoms with Crippen LogP contribution in [-0.2, 0) is 11.2 Å². The van der Waals surface area contributed by atoms with E-state index < -0.39 is 0 Å². The first-order valence-electron chi connectivity index (χ1n) is 11.0. The van der Waals surface area contributed by atoms with E-state index in [1.807, 2.05) is 18.2 Å². The standard InChI is InChI=1S/C23H29N5O4/c1-3-4-17-21-20(16(14-24)22(25)32-23(21)27-26-17)15-5-6-18(19(13-15)29-2)31-12-9-28-7-10-30-11-8-28/h5-6,13,20H,3-4,7-12,25H2,1-2H3,(H,26,27)/p+1/t20-/m0/s1. The number of rotatable bonds is 8. The second-order valence-electron chi connectivity index (χ2n) is 7.97. The molecule has 0 spiro atoms. The third-order valence-corrected chi connectivity index (χ3v) is 5.95. The lowest BCUT2D eigenvalue weighted by atomic mass is 9.83. The van der Waals surface area contributed by atoms with Gasteiger partial charge in [-0.25, -0.2) is 0 Å². The maximum absolute atomic E-state index is 9.83. The predicted molar refractivity (Wildman–Crippen MR) is 117 cm³/mol. The molecule has 4 rings (SSSR count). The molecule has 0 bridgehead atoms. The Labute approximate surface area is 187 Å². The van der Waals surface area contributed by atoms with Gasteiger partial charge in [0, 0.05) is 11.3 Å². The van der Waals surface area contributed by atoms with Crippen molar-refractivity contribution < 1.29 is 23.8 Å². The van der Waals surface area contributed by atoms with Crippen molar-refractivity contribution in [3.8, 4) is 23.4 Å². The first kappa shape index (κ1) is 22.0. The van der Waals surface area contributed by atoms with Crippen LogP contribution in [0.3, 0.4) is 0 Å². The molecule has 1 aromatic carbocycles. The minimum absolute atomic E-state index is 0.0762. The lowest BCUT2D eigenvalue weighted by molar-refractivity contribution is -0.908. The molecule has 4 N–H and O–H groups in total. The number of nitriles is 1. The number of allylic oxidation sites excluding steroid dienone is 1. The molecule has 170 valence electrons. The van der Waals surface area contributed by atoms with Crippen molar-refractivity contribution >= 4 is 0 Å². The van der Waals surface area contributed by atoms with Crippen molar-refractivity contribution in [1.82, 2.24) is 10.2 Å². The third kappa shape index (κ3) is 4.38. The number of nitrogens with two attached hydrogens (primary N) is 1. The van der Waals surface area contributed by atoms with Crippen LogP contribution in [-0.4, -0.2) is 56.8 Å². The molecule has 32 heavy (non-hydrogen) atoms. The number of benzene rings is 1. The fourth-order valence-corrected chi connectivity index (χ4v) is 4.28. The summed E-state index contributed by atoms with van der Waals surface area (Å²) in [4.78, 5) is 1.48. The van der Waals surface area contributed by atoms with Crippen LogP contribution in [0.2, 0.25) is 0 Å².